The van der Waals surface area contributed by atoms with Gasteiger partial charge in [-0.3, -0.25) is 4.79 Å². The van der Waals surface area contributed by atoms with Crippen LogP contribution >= 0.6 is 11.6 Å². The predicted octanol–water partition coefficient (Wildman–Crippen LogP) is 3.82. The fourth-order valence-electron chi connectivity index (χ4n) is 3.43. The molecule has 4 N–H and O–H groups in total. The Morgan fingerprint density at radius 2 is 1.71 bits per heavy atom. The molecule has 1 amide bonds. The van der Waals surface area contributed by atoms with Crippen molar-refractivity contribution in [2.75, 3.05) is 18.4 Å². The molecule has 0 heterocycles. The van der Waals surface area contributed by atoms with E-state index in [1.54, 1.807) is 42.5 Å². The second-order valence-corrected chi connectivity index (χ2v) is 10.6. The molecule has 0 aliphatic heterocycles. The van der Waals surface area contributed by atoms with E-state index in [1.165, 1.54) is 12.1 Å². The standard InChI is InChI=1S/C26H30ClN3O4S/c1-18-9-11-24(12-10-18)35(33,34)30-26(32)14-20-5-3-8-23(13-20)29-16-19(2)28-17-25(31)21-6-4-7-22(27)15-21/h3-13,15,19,25,28-29,31H,14,16-17H2,1-2H3,(H,30,32)/t19-,25+/m1/s1. The molecule has 0 unspecified atom stereocenters. The van der Waals surface area contributed by atoms with Crippen LogP contribution in [0.1, 0.15) is 29.7 Å². The smallest absolute Gasteiger partial charge is 0.264 e. The van der Waals surface area contributed by atoms with Gasteiger partial charge in [0.15, 0.2) is 0 Å². The van der Waals surface area contributed by atoms with E-state index in [1.807, 2.05) is 32.0 Å². The van der Waals surface area contributed by atoms with Crippen LogP contribution < -0.4 is 15.4 Å². The lowest BCUT2D eigenvalue weighted by Gasteiger charge is -2.19. The highest BCUT2D eigenvalue weighted by molar-refractivity contribution is 7.90. The molecule has 3 rings (SSSR count). The first-order valence-corrected chi connectivity index (χ1v) is 13.1. The number of amides is 1. The van der Waals surface area contributed by atoms with Gasteiger partial charge in [0.05, 0.1) is 17.4 Å². The Morgan fingerprint density at radius 1 is 1.00 bits per heavy atom. The molecule has 0 bridgehead atoms. The van der Waals surface area contributed by atoms with E-state index in [4.69, 9.17) is 11.6 Å². The molecule has 0 saturated carbocycles. The fourth-order valence-corrected chi connectivity index (χ4v) is 4.61. The van der Waals surface area contributed by atoms with Crippen molar-refractivity contribution < 1.29 is 18.3 Å². The summed E-state index contributed by atoms with van der Waals surface area (Å²) >= 11 is 5.98. The van der Waals surface area contributed by atoms with Gasteiger partial charge in [-0.15, -0.1) is 0 Å². The number of sulfonamides is 1. The number of carbonyl (C=O) groups is 1. The first kappa shape index (κ1) is 26.7. The van der Waals surface area contributed by atoms with Crippen molar-refractivity contribution in [3.8, 4) is 0 Å². The summed E-state index contributed by atoms with van der Waals surface area (Å²) in [5.41, 5.74) is 3.17. The molecule has 0 saturated heterocycles. The molecule has 7 nitrogen and oxygen atoms in total. The number of rotatable bonds is 11. The molecule has 0 radical (unpaired) electrons. The van der Waals surface area contributed by atoms with Gasteiger partial charge in [-0.1, -0.05) is 53.6 Å². The minimum Gasteiger partial charge on any atom is -0.387 e. The number of aliphatic hydroxyl groups is 1. The summed E-state index contributed by atoms with van der Waals surface area (Å²) in [6, 6.07) is 20.8. The largest absolute Gasteiger partial charge is 0.387 e. The first-order chi connectivity index (χ1) is 16.6. The van der Waals surface area contributed by atoms with E-state index in [-0.39, 0.29) is 17.4 Å². The van der Waals surface area contributed by atoms with Crippen molar-refractivity contribution in [2.45, 2.75) is 37.3 Å². The summed E-state index contributed by atoms with van der Waals surface area (Å²) in [5, 5.41) is 17.5. The van der Waals surface area contributed by atoms with Crippen LogP contribution in [0.5, 0.6) is 0 Å². The minimum atomic E-state index is -3.92. The third-order valence-corrected chi connectivity index (χ3v) is 7.00. The van der Waals surface area contributed by atoms with Crippen molar-refractivity contribution in [1.29, 1.82) is 0 Å². The third-order valence-electron chi connectivity index (χ3n) is 5.38. The van der Waals surface area contributed by atoms with Crippen LogP contribution in [-0.2, 0) is 21.2 Å². The maximum absolute atomic E-state index is 12.4. The quantitative estimate of drug-likeness (QED) is 0.309. The van der Waals surface area contributed by atoms with Crippen LogP contribution in [0.3, 0.4) is 0 Å². The molecule has 35 heavy (non-hydrogen) atoms. The van der Waals surface area contributed by atoms with Crippen LogP contribution in [0.2, 0.25) is 5.02 Å². The topological polar surface area (TPSA) is 108 Å². The maximum Gasteiger partial charge on any atom is 0.264 e. The predicted molar refractivity (Wildman–Crippen MR) is 139 cm³/mol. The van der Waals surface area contributed by atoms with E-state index in [0.717, 1.165) is 16.8 Å². The summed E-state index contributed by atoms with van der Waals surface area (Å²) in [6.45, 7) is 4.81. The van der Waals surface area contributed by atoms with E-state index in [2.05, 4.69) is 15.4 Å². The first-order valence-electron chi connectivity index (χ1n) is 11.2. The SMILES string of the molecule is Cc1ccc(S(=O)(=O)NC(=O)Cc2cccc(NC[C@@H](C)NC[C@H](O)c3cccc(Cl)c3)c2)cc1. The zero-order chi connectivity index (χ0) is 25.4. The van der Waals surface area contributed by atoms with Crippen LogP contribution in [-0.4, -0.2) is 38.6 Å². The summed E-state index contributed by atoms with van der Waals surface area (Å²) in [6.07, 6.45) is -0.741. The molecule has 3 aromatic carbocycles. The van der Waals surface area contributed by atoms with Crippen LogP contribution in [0.25, 0.3) is 0 Å². The van der Waals surface area contributed by atoms with Crippen molar-refractivity contribution in [1.82, 2.24) is 10.0 Å². The Hall–Kier alpha value is -2.91. The van der Waals surface area contributed by atoms with Crippen LogP contribution in [0.15, 0.2) is 77.7 Å². The molecule has 0 aromatic heterocycles. The minimum absolute atomic E-state index is 0.0498. The monoisotopic (exact) mass is 515 g/mol. The Bertz CT molecular complexity index is 1250. The highest BCUT2D eigenvalue weighted by Crippen LogP contribution is 2.17. The molecule has 0 spiro atoms. The second kappa shape index (κ2) is 12.2. The lowest BCUT2D eigenvalue weighted by molar-refractivity contribution is -0.118. The van der Waals surface area contributed by atoms with E-state index in [9.17, 15) is 18.3 Å². The number of aliphatic hydroxyl groups excluding tert-OH is 1. The lowest BCUT2D eigenvalue weighted by atomic mass is 10.1. The van der Waals surface area contributed by atoms with Gasteiger partial charge in [-0.25, -0.2) is 13.1 Å². The van der Waals surface area contributed by atoms with E-state index < -0.39 is 22.0 Å². The molecule has 0 aliphatic rings. The van der Waals surface area contributed by atoms with Crippen molar-refractivity contribution in [3.05, 3.63) is 94.5 Å². The van der Waals surface area contributed by atoms with Gasteiger partial charge in [-0.05, 0) is 61.4 Å². The summed E-state index contributed by atoms with van der Waals surface area (Å²) in [4.78, 5) is 12.4. The number of aryl methyl sites for hydroxylation is 1. The highest BCUT2D eigenvalue weighted by atomic mass is 35.5. The molecular formula is C26H30ClN3O4S. The molecular weight excluding hydrogens is 486 g/mol. The molecule has 3 aromatic rings. The Morgan fingerprint density at radius 3 is 2.43 bits per heavy atom. The number of hydrogen-bond acceptors (Lipinski definition) is 6. The van der Waals surface area contributed by atoms with Gasteiger partial charge in [0.1, 0.15) is 0 Å². The van der Waals surface area contributed by atoms with Crippen molar-refractivity contribution in [3.63, 3.8) is 0 Å². The average Bonchev–Trinajstić information content (AvgIpc) is 2.81. The van der Waals surface area contributed by atoms with Crippen LogP contribution in [0.4, 0.5) is 5.69 Å². The van der Waals surface area contributed by atoms with Gasteiger partial charge >= 0.3 is 0 Å². The summed E-state index contributed by atoms with van der Waals surface area (Å²) < 4.78 is 27.0. The van der Waals surface area contributed by atoms with Gasteiger partial charge in [0, 0.05) is 29.8 Å². The highest BCUT2D eigenvalue weighted by Gasteiger charge is 2.17. The van der Waals surface area contributed by atoms with Gasteiger partial charge in [-0.2, -0.15) is 0 Å². The molecule has 0 aliphatic carbocycles. The van der Waals surface area contributed by atoms with Crippen molar-refractivity contribution >= 4 is 33.2 Å². The normalized spacial score (nSPS) is 13.1. The number of carbonyl (C=O) groups excluding carboxylic acids is 1. The van der Waals surface area contributed by atoms with Gasteiger partial charge < -0.3 is 15.7 Å². The number of benzene rings is 3. The number of hydrogen-bond donors (Lipinski definition) is 4. The number of halogens is 1. The average molecular weight is 516 g/mol. The number of anilines is 1. The zero-order valence-electron chi connectivity index (χ0n) is 19.7. The number of nitrogens with one attached hydrogen (secondary N) is 3. The lowest BCUT2D eigenvalue weighted by Crippen LogP contribution is -2.35. The third kappa shape index (κ3) is 8.36. The van der Waals surface area contributed by atoms with E-state index >= 15 is 0 Å². The summed E-state index contributed by atoms with van der Waals surface area (Å²) in [5.74, 6) is -0.604. The Kier molecular flexibility index (Phi) is 9.28. The molecule has 186 valence electrons. The molecule has 2 atom stereocenters. The fraction of sp³-hybridized carbons (Fsp3) is 0.269. The molecule has 0 fully saturated rings. The maximum atomic E-state index is 12.4. The second-order valence-electron chi connectivity index (χ2n) is 8.48. The summed E-state index contributed by atoms with van der Waals surface area (Å²) in [7, 11) is -3.92. The molecule has 9 heteroatoms. The van der Waals surface area contributed by atoms with Crippen molar-refractivity contribution in [2.24, 2.45) is 0 Å². The zero-order valence-corrected chi connectivity index (χ0v) is 21.2. The Labute approximate surface area is 211 Å². The Balaban J connectivity index is 1.48. The van der Waals surface area contributed by atoms with E-state index in [0.29, 0.717) is 23.7 Å². The van der Waals surface area contributed by atoms with Gasteiger partial charge in [0.2, 0.25) is 5.91 Å². The van der Waals surface area contributed by atoms with Crippen LogP contribution in [0, 0.1) is 6.92 Å². The van der Waals surface area contributed by atoms with Gasteiger partial charge in [0.25, 0.3) is 10.0 Å².